The van der Waals surface area contributed by atoms with Crippen molar-refractivity contribution >= 4 is 11.3 Å². The standard InChI is InChI=1S/C18H24N2S/c1-3-19-11-18-10-17(14(2)21-18)13-20-9-8-15-6-4-5-7-16(15)12-20/h4-7,10,19H,3,8-9,11-13H2,1-2H3. The first-order chi connectivity index (χ1) is 10.3. The molecule has 1 aliphatic heterocycles. The van der Waals surface area contributed by atoms with E-state index in [-0.39, 0.29) is 0 Å². The van der Waals surface area contributed by atoms with Crippen LogP contribution in [0.25, 0.3) is 0 Å². The van der Waals surface area contributed by atoms with Gasteiger partial charge in [-0.1, -0.05) is 31.2 Å². The Kier molecular flexibility index (Phi) is 4.73. The van der Waals surface area contributed by atoms with Crippen LogP contribution in [0, 0.1) is 6.92 Å². The predicted molar refractivity (Wildman–Crippen MR) is 90.7 cm³/mol. The summed E-state index contributed by atoms with van der Waals surface area (Å²) in [5.41, 5.74) is 4.54. The van der Waals surface area contributed by atoms with Crippen LogP contribution in [-0.2, 0) is 26.1 Å². The van der Waals surface area contributed by atoms with Crippen molar-refractivity contribution in [2.75, 3.05) is 13.1 Å². The van der Waals surface area contributed by atoms with Crippen molar-refractivity contribution in [3.05, 3.63) is 56.8 Å². The highest BCUT2D eigenvalue weighted by molar-refractivity contribution is 7.12. The van der Waals surface area contributed by atoms with E-state index in [4.69, 9.17) is 0 Å². The number of thiophene rings is 1. The molecule has 1 aromatic carbocycles. The van der Waals surface area contributed by atoms with Crippen LogP contribution < -0.4 is 5.32 Å². The molecule has 1 aromatic heterocycles. The molecule has 2 nitrogen and oxygen atoms in total. The lowest BCUT2D eigenvalue weighted by Gasteiger charge is -2.28. The molecule has 0 spiro atoms. The number of hydrogen-bond donors (Lipinski definition) is 1. The molecule has 0 aliphatic carbocycles. The Morgan fingerprint density at radius 3 is 2.86 bits per heavy atom. The van der Waals surface area contributed by atoms with E-state index in [1.54, 1.807) is 0 Å². The van der Waals surface area contributed by atoms with Crippen LogP contribution in [0.1, 0.15) is 33.4 Å². The maximum absolute atomic E-state index is 3.42. The maximum Gasteiger partial charge on any atom is 0.0299 e. The van der Waals surface area contributed by atoms with Crippen molar-refractivity contribution in [3.63, 3.8) is 0 Å². The Bertz CT molecular complexity index is 603. The summed E-state index contributed by atoms with van der Waals surface area (Å²) in [6.07, 6.45) is 1.18. The molecule has 3 heteroatoms. The summed E-state index contributed by atoms with van der Waals surface area (Å²) in [7, 11) is 0. The first-order valence-electron chi connectivity index (χ1n) is 7.84. The van der Waals surface area contributed by atoms with E-state index < -0.39 is 0 Å². The molecule has 21 heavy (non-hydrogen) atoms. The van der Waals surface area contributed by atoms with Crippen molar-refractivity contribution in [3.8, 4) is 0 Å². The first kappa shape index (κ1) is 14.8. The van der Waals surface area contributed by atoms with Crippen molar-refractivity contribution in [2.24, 2.45) is 0 Å². The lowest BCUT2D eigenvalue weighted by atomic mass is 9.99. The quantitative estimate of drug-likeness (QED) is 0.905. The molecule has 1 aliphatic rings. The second-order valence-electron chi connectivity index (χ2n) is 5.80. The number of hydrogen-bond acceptors (Lipinski definition) is 3. The van der Waals surface area contributed by atoms with Crippen LogP contribution in [-0.4, -0.2) is 18.0 Å². The summed E-state index contributed by atoms with van der Waals surface area (Å²) < 4.78 is 0. The van der Waals surface area contributed by atoms with Crippen LogP contribution in [0.15, 0.2) is 30.3 Å². The topological polar surface area (TPSA) is 15.3 Å². The normalized spacial score (nSPS) is 15.1. The minimum atomic E-state index is 1.00. The second-order valence-corrected chi connectivity index (χ2v) is 7.14. The minimum Gasteiger partial charge on any atom is -0.312 e. The summed E-state index contributed by atoms with van der Waals surface area (Å²) in [5.74, 6) is 0. The van der Waals surface area contributed by atoms with Gasteiger partial charge < -0.3 is 5.32 Å². The monoisotopic (exact) mass is 300 g/mol. The van der Waals surface area contributed by atoms with E-state index in [0.29, 0.717) is 0 Å². The van der Waals surface area contributed by atoms with Gasteiger partial charge in [-0.15, -0.1) is 11.3 Å². The zero-order chi connectivity index (χ0) is 14.7. The number of benzene rings is 1. The van der Waals surface area contributed by atoms with E-state index in [1.807, 2.05) is 11.3 Å². The molecule has 0 amide bonds. The molecule has 0 bridgehead atoms. The molecule has 1 N–H and O–H groups in total. The lowest BCUT2D eigenvalue weighted by Crippen LogP contribution is -2.30. The Morgan fingerprint density at radius 2 is 2.05 bits per heavy atom. The van der Waals surface area contributed by atoms with Crippen LogP contribution in [0.5, 0.6) is 0 Å². The number of fused-ring (bicyclic) bond motifs is 1. The third kappa shape index (κ3) is 3.54. The average Bonchev–Trinajstić information content (AvgIpc) is 2.85. The van der Waals surface area contributed by atoms with Gasteiger partial charge in [-0.3, -0.25) is 4.90 Å². The molecule has 0 radical (unpaired) electrons. The van der Waals surface area contributed by atoms with Gasteiger partial charge in [0, 0.05) is 35.9 Å². The largest absolute Gasteiger partial charge is 0.312 e. The van der Waals surface area contributed by atoms with Gasteiger partial charge in [0.25, 0.3) is 0 Å². The van der Waals surface area contributed by atoms with Gasteiger partial charge in [0.1, 0.15) is 0 Å². The van der Waals surface area contributed by atoms with E-state index in [0.717, 1.165) is 26.2 Å². The van der Waals surface area contributed by atoms with Gasteiger partial charge in [-0.25, -0.2) is 0 Å². The van der Waals surface area contributed by atoms with Crippen molar-refractivity contribution in [1.29, 1.82) is 0 Å². The molecule has 3 rings (SSSR count). The predicted octanol–water partition coefficient (Wildman–Crippen LogP) is 3.72. The van der Waals surface area contributed by atoms with Crippen LogP contribution >= 0.6 is 11.3 Å². The van der Waals surface area contributed by atoms with Gasteiger partial charge in [0.15, 0.2) is 0 Å². The first-order valence-corrected chi connectivity index (χ1v) is 8.66. The third-order valence-electron chi connectivity index (χ3n) is 4.22. The van der Waals surface area contributed by atoms with E-state index in [1.165, 1.54) is 39.4 Å². The van der Waals surface area contributed by atoms with Gasteiger partial charge in [0.2, 0.25) is 0 Å². The molecular weight excluding hydrogens is 276 g/mol. The summed E-state index contributed by atoms with van der Waals surface area (Å²) in [4.78, 5) is 5.51. The highest BCUT2D eigenvalue weighted by Crippen LogP contribution is 2.25. The molecular formula is C18H24N2S. The molecule has 0 unspecified atom stereocenters. The van der Waals surface area contributed by atoms with Gasteiger partial charge in [-0.05, 0) is 42.6 Å². The molecule has 0 atom stereocenters. The fraction of sp³-hybridized carbons (Fsp3) is 0.444. The van der Waals surface area contributed by atoms with Gasteiger partial charge >= 0.3 is 0 Å². The Balaban J connectivity index is 1.66. The zero-order valence-corrected chi connectivity index (χ0v) is 13.8. The van der Waals surface area contributed by atoms with Crippen molar-refractivity contribution in [1.82, 2.24) is 10.2 Å². The fourth-order valence-electron chi connectivity index (χ4n) is 3.01. The Morgan fingerprint density at radius 1 is 1.24 bits per heavy atom. The summed E-state index contributed by atoms with van der Waals surface area (Å²) in [6, 6.07) is 11.3. The summed E-state index contributed by atoms with van der Waals surface area (Å²) in [5, 5.41) is 3.42. The third-order valence-corrected chi connectivity index (χ3v) is 5.32. The Labute approximate surface area is 131 Å². The van der Waals surface area contributed by atoms with E-state index in [2.05, 4.69) is 54.4 Å². The van der Waals surface area contributed by atoms with Crippen LogP contribution in [0.4, 0.5) is 0 Å². The zero-order valence-electron chi connectivity index (χ0n) is 13.0. The van der Waals surface area contributed by atoms with Crippen molar-refractivity contribution < 1.29 is 0 Å². The number of aryl methyl sites for hydroxylation is 1. The van der Waals surface area contributed by atoms with E-state index in [9.17, 15) is 0 Å². The smallest absolute Gasteiger partial charge is 0.0299 e. The number of nitrogens with one attached hydrogen (secondary N) is 1. The molecule has 2 heterocycles. The van der Waals surface area contributed by atoms with Gasteiger partial charge in [0.05, 0.1) is 0 Å². The molecule has 0 fully saturated rings. The van der Waals surface area contributed by atoms with Gasteiger partial charge in [-0.2, -0.15) is 0 Å². The molecule has 112 valence electrons. The van der Waals surface area contributed by atoms with Crippen LogP contribution in [0.2, 0.25) is 0 Å². The molecule has 0 saturated carbocycles. The number of nitrogens with zero attached hydrogens (tertiary/aromatic N) is 1. The molecule has 2 aromatic rings. The highest BCUT2D eigenvalue weighted by atomic mass is 32.1. The lowest BCUT2D eigenvalue weighted by molar-refractivity contribution is 0.245. The SMILES string of the molecule is CCNCc1cc(CN2CCc3ccccc3C2)c(C)s1. The van der Waals surface area contributed by atoms with Crippen LogP contribution in [0.3, 0.4) is 0 Å². The van der Waals surface area contributed by atoms with E-state index >= 15 is 0 Å². The average molecular weight is 300 g/mol. The molecule has 0 saturated heterocycles. The fourth-order valence-corrected chi connectivity index (χ4v) is 4.03. The summed E-state index contributed by atoms with van der Waals surface area (Å²) >= 11 is 1.94. The maximum atomic E-state index is 3.42. The van der Waals surface area contributed by atoms with Crippen molar-refractivity contribution in [2.45, 2.75) is 39.9 Å². The highest BCUT2D eigenvalue weighted by Gasteiger charge is 2.17. The Hall–Kier alpha value is -1.16. The number of rotatable bonds is 5. The second kappa shape index (κ2) is 6.73. The minimum absolute atomic E-state index is 1.00. The summed E-state index contributed by atoms with van der Waals surface area (Å²) in [6.45, 7) is 9.81.